The molecule has 0 bridgehead atoms. The van der Waals surface area contributed by atoms with Crippen LogP contribution in [0.5, 0.6) is 0 Å². The molecule has 2 N–H and O–H groups in total. The molecule has 0 saturated heterocycles. The van der Waals surface area contributed by atoms with Gasteiger partial charge in [0.25, 0.3) is 0 Å². The lowest BCUT2D eigenvalue weighted by atomic mass is 9.64. The van der Waals surface area contributed by atoms with E-state index in [1.54, 1.807) is 0 Å². The summed E-state index contributed by atoms with van der Waals surface area (Å²) in [7, 11) is 0. The number of halogens is 2. The molecule has 0 aromatic rings. The Morgan fingerprint density at radius 3 is 2.00 bits per heavy atom. The zero-order valence-corrected chi connectivity index (χ0v) is 9.27. The zero-order valence-electron chi connectivity index (χ0n) is 9.27. The molecular weight excluding hydrogens is 196 g/mol. The SMILES string of the molecule is NCC1(C2CCCC2)CCC(F)(F)CC1. The summed E-state index contributed by atoms with van der Waals surface area (Å²) in [5, 5.41) is 0. The van der Waals surface area contributed by atoms with Crippen LogP contribution in [0.3, 0.4) is 0 Å². The predicted octanol–water partition coefficient (Wildman–Crippen LogP) is 3.33. The lowest BCUT2D eigenvalue weighted by Gasteiger charge is -2.43. The van der Waals surface area contributed by atoms with Crippen molar-refractivity contribution >= 4 is 0 Å². The van der Waals surface area contributed by atoms with Crippen LogP contribution in [0.25, 0.3) is 0 Å². The maximum atomic E-state index is 13.1. The highest BCUT2D eigenvalue weighted by Crippen LogP contribution is 2.51. The third kappa shape index (κ3) is 2.17. The average Bonchev–Trinajstić information content (AvgIpc) is 2.72. The Balaban J connectivity index is 2.03. The quantitative estimate of drug-likeness (QED) is 0.754. The Labute approximate surface area is 90.4 Å². The monoisotopic (exact) mass is 217 g/mol. The second kappa shape index (κ2) is 4.00. The minimum Gasteiger partial charge on any atom is -0.330 e. The molecule has 2 aliphatic rings. The van der Waals surface area contributed by atoms with Gasteiger partial charge >= 0.3 is 0 Å². The third-order valence-electron chi connectivity index (χ3n) is 4.61. The van der Waals surface area contributed by atoms with Crippen molar-refractivity contribution in [3.63, 3.8) is 0 Å². The van der Waals surface area contributed by atoms with Gasteiger partial charge in [-0.15, -0.1) is 0 Å². The van der Waals surface area contributed by atoms with Crippen molar-refractivity contribution in [1.29, 1.82) is 0 Å². The highest BCUT2D eigenvalue weighted by Gasteiger charge is 2.46. The molecule has 0 atom stereocenters. The fourth-order valence-electron chi connectivity index (χ4n) is 3.43. The molecule has 0 spiro atoms. The first-order chi connectivity index (χ1) is 7.08. The predicted molar refractivity (Wildman–Crippen MR) is 56.9 cm³/mol. The molecule has 0 aliphatic heterocycles. The van der Waals surface area contributed by atoms with Gasteiger partial charge in [-0.2, -0.15) is 0 Å². The summed E-state index contributed by atoms with van der Waals surface area (Å²) in [6.07, 6.45) is 6.35. The second-order valence-electron chi connectivity index (χ2n) is 5.40. The molecule has 88 valence electrons. The van der Waals surface area contributed by atoms with E-state index in [1.807, 2.05) is 0 Å². The van der Waals surface area contributed by atoms with Crippen LogP contribution in [0.1, 0.15) is 51.4 Å². The highest BCUT2D eigenvalue weighted by molar-refractivity contribution is 4.95. The van der Waals surface area contributed by atoms with Gasteiger partial charge in [-0.1, -0.05) is 12.8 Å². The number of alkyl halides is 2. The standard InChI is InChI=1S/C12H21F2N/c13-12(14)7-5-11(9-15,6-8-12)10-3-1-2-4-10/h10H,1-9,15H2. The summed E-state index contributed by atoms with van der Waals surface area (Å²) >= 11 is 0. The van der Waals surface area contributed by atoms with Crippen LogP contribution in [0.15, 0.2) is 0 Å². The Bertz CT molecular complexity index is 212. The van der Waals surface area contributed by atoms with Crippen molar-refractivity contribution in [2.24, 2.45) is 17.1 Å². The summed E-state index contributed by atoms with van der Waals surface area (Å²) in [6.45, 7) is 0.605. The lowest BCUT2D eigenvalue weighted by Crippen LogP contribution is -2.43. The summed E-state index contributed by atoms with van der Waals surface area (Å²) in [5.41, 5.74) is 5.92. The fraction of sp³-hybridized carbons (Fsp3) is 1.00. The van der Waals surface area contributed by atoms with E-state index in [1.165, 1.54) is 25.7 Å². The van der Waals surface area contributed by atoms with E-state index in [9.17, 15) is 8.78 Å². The Morgan fingerprint density at radius 2 is 1.53 bits per heavy atom. The molecule has 0 aromatic carbocycles. The molecular formula is C12H21F2N. The summed E-state index contributed by atoms with van der Waals surface area (Å²) < 4.78 is 26.3. The van der Waals surface area contributed by atoms with Gasteiger partial charge in [0, 0.05) is 12.8 Å². The molecule has 0 aromatic heterocycles. The molecule has 1 nitrogen and oxygen atoms in total. The number of nitrogens with two attached hydrogens (primary N) is 1. The van der Waals surface area contributed by atoms with Crippen LogP contribution in [0, 0.1) is 11.3 Å². The lowest BCUT2D eigenvalue weighted by molar-refractivity contribution is -0.0780. The minimum atomic E-state index is -2.42. The van der Waals surface area contributed by atoms with Crippen LogP contribution in [0.4, 0.5) is 8.78 Å². The van der Waals surface area contributed by atoms with Gasteiger partial charge in [-0.05, 0) is 43.6 Å². The van der Waals surface area contributed by atoms with Gasteiger partial charge in [0.05, 0.1) is 0 Å². The van der Waals surface area contributed by atoms with E-state index in [0.717, 1.165) is 0 Å². The third-order valence-corrected chi connectivity index (χ3v) is 4.61. The van der Waals surface area contributed by atoms with Crippen molar-refractivity contribution < 1.29 is 8.78 Å². The van der Waals surface area contributed by atoms with Crippen LogP contribution in [0.2, 0.25) is 0 Å². The van der Waals surface area contributed by atoms with Crippen molar-refractivity contribution in [2.45, 2.75) is 57.3 Å². The number of hydrogen-bond acceptors (Lipinski definition) is 1. The average molecular weight is 217 g/mol. The molecule has 0 radical (unpaired) electrons. The van der Waals surface area contributed by atoms with E-state index >= 15 is 0 Å². The first kappa shape index (κ1) is 11.3. The largest absolute Gasteiger partial charge is 0.330 e. The highest BCUT2D eigenvalue weighted by atomic mass is 19.3. The first-order valence-electron chi connectivity index (χ1n) is 6.16. The Hall–Kier alpha value is -0.180. The van der Waals surface area contributed by atoms with Gasteiger partial charge in [-0.3, -0.25) is 0 Å². The molecule has 3 heteroatoms. The first-order valence-corrected chi connectivity index (χ1v) is 6.16. The van der Waals surface area contributed by atoms with Crippen LogP contribution in [-0.2, 0) is 0 Å². The summed E-state index contributed by atoms with van der Waals surface area (Å²) in [5.74, 6) is -1.80. The van der Waals surface area contributed by atoms with Crippen LogP contribution in [-0.4, -0.2) is 12.5 Å². The van der Waals surface area contributed by atoms with Crippen molar-refractivity contribution in [2.75, 3.05) is 6.54 Å². The molecule has 0 amide bonds. The van der Waals surface area contributed by atoms with Crippen LogP contribution < -0.4 is 5.73 Å². The Morgan fingerprint density at radius 1 is 1.00 bits per heavy atom. The van der Waals surface area contributed by atoms with Gasteiger partial charge in [0.1, 0.15) is 0 Å². The molecule has 2 fully saturated rings. The van der Waals surface area contributed by atoms with Gasteiger partial charge in [0.2, 0.25) is 5.92 Å². The van der Waals surface area contributed by atoms with E-state index in [4.69, 9.17) is 5.73 Å². The summed E-state index contributed by atoms with van der Waals surface area (Å²) in [4.78, 5) is 0. The number of rotatable bonds is 2. The maximum absolute atomic E-state index is 13.1. The van der Waals surface area contributed by atoms with Gasteiger partial charge in [-0.25, -0.2) is 8.78 Å². The Kier molecular flexibility index (Phi) is 3.02. The maximum Gasteiger partial charge on any atom is 0.248 e. The smallest absolute Gasteiger partial charge is 0.248 e. The topological polar surface area (TPSA) is 26.0 Å². The molecule has 2 aliphatic carbocycles. The minimum absolute atomic E-state index is 0.0537. The molecule has 15 heavy (non-hydrogen) atoms. The molecule has 0 heterocycles. The molecule has 2 saturated carbocycles. The number of hydrogen-bond donors (Lipinski definition) is 1. The van der Waals surface area contributed by atoms with Crippen LogP contribution >= 0.6 is 0 Å². The van der Waals surface area contributed by atoms with E-state index in [-0.39, 0.29) is 18.3 Å². The van der Waals surface area contributed by atoms with E-state index < -0.39 is 5.92 Å². The summed E-state index contributed by atoms with van der Waals surface area (Å²) in [6, 6.07) is 0. The molecule has 0 unspecified atom stereocenters. The van der Waals surface area contributed by atoms with Gasteiger partial charge < -0.3 is 5.73 Å². The normalized spacial score (nSPS) is 30.6. The molecule has 2 rings (SSSR count). The van der Waals surface area contributed by atoms with Crippen molar-refractivity contribution in [1.82, 2.24) is 0 Å². The zero-order chi connectivity index (χ0) is 10.9. The van der Waals surface area contributed by atoms with Crippen molar-refractivity contribution in [3.8, 4) is 0 Å². The fourth-order valence-corrected chi connectivity index (χ4v) is 3.43. The van der Waals surface area contributed by atoms with Gasteiger partial charge in [0.15, 0.2) is 0 Å². The van der Waals surface area contributed by atoms with Crippen molar-refractivity contribution in [3.05, 3.63) is 0 Å². The second-order valence-corrected chi connectivity index (χ2v) is 5.40. The van der Waals surface area contributed by atoms with E-state index in [0.29, 0.717) is 25.3 Å². The van der Waals surface area contributed by atoms with E-state index in [2.05, 4.69) is 0 Å².